The van der Waals surface area contributed by atoms with Crippen LogP contribution in [0.5, 0.6) is 0 Å². The number of rotatable bonds is 8. The quantitative estimate of drug-likeness (QED) is 0.425. The standard InChI is InChI=1S/C12H25N/c1-4-5-6-7-8-9-10-12(13)11(2)3/h11,13H,4-10H2,1-3H3. The van der Waals surface area contributed by atoms with E-state index >= 15 is 0 Å². The molecule has 1 nitrogen and oxygen atoms in total. The maximum Gasteiger partial charge on any atom is 0.0114 e. The smallest absolute Gasteiger partial charge is 0.0114 e. The monoisotopic (exact) mass is 183 g/mol. The van der Waals surface area contributed by atoms with Gasteiger partial charge in [-0.05, 0) is 18.8 Å². The number of hydrogen-bond donors (Lipinski definition) is 1. The van der Waals surface area contributed by atoms with Gasteiger partial charge in [-0.2, -0.15) is 0 Å². The van der Waals surface area contributed by atoms with Crippen LogP contribution in [-0.2, 0) is 0 Å². The molecule has 1 N–H and O–H groups in total. The third kappa shape index (κ3) is 8.01. The maximum atomic E-state index is 7.66. The lowest BCUT2D eigenvalue weighted by molar-refractivity contribution is 0.611. The number of unbranched alkanes of at least 4 members (excludes halogenated alkanes) is 5. The Morgan fingerprint density at radius 3 is 2.08 bits per heavy atom. The van der Waals surface area contributed by atoms with Crippen molar-refractivity contribution < 1.29 is 0 Å². The van der Waals surface area contributed by atoms with E-state index in [4.69, 9.17) is 5.41 Å². The van der Waals surface area contributed by atoms with Gasteiger partial charge in [-0.15, -0.1) is 0 Å². The van der Waals surface area contributed by atoms with Crippen molar-refractivity contribution in [2.45, 2.75) is 65.7 Å². The molecule has 78 valence electrons. The molecule has 0 aliphatic carbocycles. The first kappa shape index (κ1) is 12.7. The molecule has 0 saturated carbocycles. The summed E-state index contributed by atoms with van der Waals surface area (Å²) in [6, 6.07) is 0. The van der Waals surface area contributed by atoms with Crippen molar-refractivity contribution in [1.82, 2.24) is 0 Å². The zero-order chi connectivity index (χ0) is 10.1. The molecule has 0 saturated heterocycles. The van der Waals surface area contributed by atoms with Crippen LogP contribution in [0.1, 0.15) is 65.7 Å². The SMILES string of the molecule is CCCCCCCCC(=N)C(C)C. The summed E-state index contributed by atoms with van der Waals surface area (Å²) in [6.45, 7) is 6.47. The molecule has 0 heterocycles. The van der Waals surface area contributed by atoms with Gasteiger partial charge in [-0.1, -0.05) is 52.9 Å². The summed E-state index contributed by atoms with van der Waals surface area (Å²) in [5.74, 6) is 0.454. The van der Waals surface area contributed by atoms with Crippen molar-refractivity contribution in [2.24, 2.45) is 5.92 Å². The van der Waals surface area contributed by atoms with E-state index in [9.17, 15) is 0 Å². The van der Waals surface area contributed by atoms with Gasteiger partial charge < -0.3 is 5.41 Å². The Labute approximate surface area is 83.4 Å². The van der Waals surface area contributed by atoms with Gasteiger partial charge in [0, 0.05) is 5.71 Å². The predicted molar refractivity (Wildman–Crippen MR) is 60.6 cm³/mol. The van der Waals surface area contributed by atoms with Crippen LogP contribution in [0.2, 0.25) is 0 Å². The third-order valence-electron chi connectivity index (χ3n) is 2.50. The normalized spacial score (nSPS) is 10.8. The van der Waals surface area contributed by atoms with E-state index < -0.39 is 0 Å². The highest BCUT2D eigenvalue weighted by molar-refractivity contribution is 5.82. The summed E-state index contributed by atoms with van der Waals surface area (Å²) in [7, 11) is 0. The van der Waals surface area contributed by atoms with Crippen molar-refractivity contribution in [3.8, 4) is 0 Å². The zero-order valence-electron chi connectivity index (χ0n) is 9.53. The maximum absolute atomic E-state index is 7.66. The van der Waals surface area contributed by atoms with Crippen molar-refractivity contribution in [3.63, 3.8) is 0 Å². The van der Waals surface area contributed by atoms with E-state index in [0.29, 0.717) is 5.92 Å². The molecular weight excluding hydrogens is 158 g/mol. The van der Waals surface area contributed by atoms with E-state index in [1.807, 2.05) is 0 Å². The van der Waals surface area contributed by atoms with Gasteiger partial charge in [0.2, 0.25) is 0 Å². The Kier molecular flexibility index (Phi) is 8.07. The second-order valence-electron chi connectivity index (χ2n) is 4.20. The highest BCUT2D eigenvalue weighted by Gasteiger charge is 2.01. The van der Waals surface area contributed by atoms with Gasteiger partial charge in [-0.25, -0.2) is 0 Å². The van der Waals surface area contributed by atoms with Crippen LogP contribution < -0.4 is 0 Å². The summed E-state index contributed by atoms with van der Waals surface area (Å²) in [4.78, 5) is 0. The Bertz CT molecular complexity index is 127. The number of hydrogen-bond acceptors (Lipinski definition) is 1. The lowest BCUT2D eigenvalue weighted by Crippen LogP contribution is -2.04. The molecule has 0 aromatic rings. The molecular formula is C12H25N. The lowest BCUT2D eigenvalue weighted by Gasteiger charge is -2.06. The summed E-state index contributed by atoms with van der Waals surface area (Å²) in [5, 5.41) is 7.66. The zero-order valence-corrected chi connectivity index (χ0v) is 9.53. The van der Waals surface area contributed by atoms with Gasteiger partial charge >= 0.3 is 0 Å². The van der Waals surface area contributed by atoms with Gasteiger partial charge in [0.05, 0.1) is 0 Å². The van der Waals surface area contributed by atoms with Crippen LogP contribution in [0.25, 0.3) is 0 Å². The minimum absolute atomic E-state index is 0.454. The molecule has 1 heteroatoms. The molecule has 0 fully saturated rings. The van der Waals surface area contributed by atoms with Gasteiger partial charge in [0.25, 0.3) is 0 Å². The van der Waals surface area contributed by atoms with Crippen LogP contribution >= 0.6 is 0 Å². The van der Waals surface area contributed by atoms with Gasteiger partial charge in [-0.3, -0.25) is 0 Å². The molecule has 0 bridgehead atoms. The second-order valence-corrected chi connectivity index (χ2v) is 4.20. The Morgan fingerprint density at radius 2 is 1.54 bits per heavy atom. The molecule has 0 amide bonds. The summed E-state index contributed by atoms with van der Waals surface area (Å²) in [5.41, 5.74) is 0.926. The van der Waals surface area contributed by atoms with Crippen molar-refractivity contribution in [1.29, 1.82) is 5.41 Å². The van der Waals surface area contributed by atoms with E-state index in [-0.39, 0.29) is 0 Å². The lowest BCUT2D eigenvalue weighted by atomic mass is 10.0. The molecule has 0 aromatic heterocycles. The first-order chi connectivity index (χ1) is 6.18. The molecule has 0 aliphatic rings. The van der Waals surface area contributed by atoms with Gasteiger partial charge in [0.15, 0.2) is 0 Å². The second kappa shape index (κ2) is 8.28. The highest BCUT2D eigenvalue weighted by Crippen LogP contribution is 2.09. The highest BCUT2D eigenvalue weighted by atomic mass is 14.4. The minimum atomic E-state index is 0.454. The molecule has 0 unspecified atom stereocenters. The molecule has 13 heavy (non-hydrogen) atoms. The predicted octanol–water partition coefficient (Wildman–Crippen LogP) is 4.41. The van der Waals surface area contributed by atoms with Crippen molar-refractivity contribution in [3.05, 3.63) is 0 Å². The summed E-state index contributed by atoms with van der Waals surface area (Å²) >= 11 is 0. The van der Waals surface area contributed by atoms with E-state index in [1.54, 1.807) is 0 Å². The molecule has 0 aliphatic heterocycles. The van der Waals surface area contributed by atoms with Crippen molar-refractivity contribution in [2.75, 3.05) is 0 Å². The topological polar surface area (TPSA) is 23.9 Å². The fourth-order valence-corrected chi connectivity index (χ4v) is 1.38. The largest absolute Gasteiger partial charge is 0.309 e. The molecule has 0 radical (unpaired) electrons. The summed E-state index contributed by atoms with van der Waals surface area (Å²) in [6.07, 6.45) is 8.99. The van der Waals surface area contributed by atoms with E-state index in [2.05, 4.69) is 20.8 Å². The van der Waals surface area contributed by atoms with E-state index in [1.165, 1.54) is 38.5 Å². The van der Waals surface area contributed by atoms with Crippen LogP contribution in [0, 0.1) is 11.3 Å². The van der Waals surface area contributed by atoms with E-state index in [0.717, 1.165) is 12.1 Å². The third-order valence-corrected chi connectivity index (χ3v) is 2.50. The Morgan fingerprint density at radius 1 is 1.00 bits per heavy atom. The fourth-order valence-electron chi connectivity index (χ4n) is 1.38. The molecule has 0 aromatic carbocycles. The number of nitrogens with one attached hydrogen (secondary N) is 1. The van der Waals surface area contributed by atoms with Crippen LogP contribution in [-0.4, -0.2) is 5.71 Å². The molecule has 0 rings (SSSR count). The Balaban J connectivity index is 3.12. The van der Waals surface area contributed by atoms with Crippen LogP contribution in [0.3, 0.4) is 0 Å². The molecule has 0 atom stereocenters. The average Bonchev–Trinajstić information content (AvgIpc) is 2.10. The van der Waals surface area contributed by atoms with Crippen LogP contribution in [0.4, 0.5) is 0 Å². The average molecular weight is 183 g/mol. The first-order valence-corrected chi connectivity index (χ1v) is 5.75. The fraction of sp³-hybridized carbons (Fsp3) is 0.917. The summed E-state index contributed by atoms with van der Waals surface area (Å²) < 4.78 is 0. The van der Waals surface area contributed by atoms with Crippen molar-refractivity contribution >= 4 is 5.71 Å². The minimum Gasteiger partial charge on any atom is -0.309 e. The first-order valence-electron chi connectivity index (χ1n) is 5.75. The Hall–Kier alpha value is -0.330. The molecule has 0 spiro atoms. The van der Waals surface area contributed by atoms with Crippen LogP contribution in [0.15, 0.2) is 0 Å². The van der Waals surface area contributed by atoms with Gasteiger partial charge in [0.1, 0.15) is 0 Å².